The lowest BCUT2D eigenvalue weighted by molar-refractivity contribution is 0.385. The SMILES string of the molecule is Cc1nc(CNCc2cc(F)ccc2C#N)no1. The van der Waals surface area contributed by atoms with E-state index >= 15 is 0 Å². The van der Waals surface area contributed by atoms with E-state index in [0.29, 0.717) is 35.9 Å². The lowest BCUT2D eigenvalue weighted by Crippen LogP contribution is -2.14. The fraction of sp³-hybridized carbons (Fsp3) is 0.250. The van der Waals surface area contributed by atoms with Crippen LogP contribution in [0.1, 0.15) is 22.8 Å². The first-order valence-electron chi connectivity index (χ1n) is 5.37. The topological polar surface area (TPSA) is 74.7 Å². The highest BCUT2D eigenvalue weighted by atomic mass is 19.1. The lowest BCUT2D eigenvalue weighted by atomic mass is 10.1. The number of benzene rings is 1. The molecule has 0 bridgehead atoms. The summed E-state index contributed by atoms with van der Waals surface area (Å²) in [6.07, 6.45) is 0. The molecule has 0 radical (unpaired) electrons. The molecule has 92 valence electrons. The first-order valence-corrected chi connectivity index (χ1v) is 5.37. The number of nitrogens with one attached hydrogen (secondary N) is 1. The largest absolute Gasteiger partial charge is 0.340 e. The van der Waals surface area contributed by atoms with Gasteiger partial charge in [0.1, 0.15) is 5.82 Å². The summed E-state index contributed by atoms with van der Waals surface area (Å²) in [4.78, 5) is 4.02. The Labute approximate surface area is 103 Å². The van der Waals surface area contributed by atoms with Gasteiger partial charge in [-0.3, -0.25) is 0 Å². The summed E-state index contributed by atoms with van der Waals surface area (Å²) >= 11 is 0. The molecular weight excluding hydrogens is 235 g/mol. The third kappa shape index (κ3) is 2.90. The Morgan fingerprint density at radius 1 is 1.44 bits per heavy atom. The molecule has 1 N–H and O–H groups in total. The number of halogens is 1. The third-order valence-electron chi connectivity index (χ3n) is 2.36. The van der Waals surface area contributed by atoms with Crippen LogP contribution in [0.15, 0.2) is 22.7 Å². The van der Waals surface area contributed by atoms with Gasteiger partial charge in [0.2, 0.25) is 5.89 Å². The zero-order valence-corrected chi connectivity index (χ0v) is 9.77. The molecule has 1 aromatic heterocycles. The maximum atomic E-state index is 13.1. The van der Waals surface area contributed by atoms with Gasteiger partial charge in [-0.1, -0.05) is 5.16 Å². The minimum absolute atomic E-state index is 0.360. The van der Waals surface area contributed by atoms with Crippen LogP contribution < -0.4 is 5.32 Å². The molecule has 1 heterocycles. The fourth-order valence-electron chi connectivity index (χ4n) is 1.54. The predicted molar refractivity (Wildman–Crippen MR) is 60.7 cm³/mol. The van der Waals surface area contributed by atoms with Crippen LogP contribution in [0.2, 0.25) is 0 Å². The number of hydrogen-bond acceptors (Lipinski definition) is 5. The molecule has 0 atom stereocenters. The molecule has 0 fully saturated rings. The summed E-state index contributed by atoms with van der Waals surface area (Å²) in [5, 5.41) is 15.6. The van der Waals surface area contributed by atoms with Crippen molar-refractivity contribution in [1.82, 2.24) is 15.5 Å². The molecule has 0 aliphatic rings. The van der Waals surface area contributed by atoms with Gasteiger partial charge in [-0.05, 0) is 23.8 Å². The molecule has 0 saturated heterocycles. The smallest absolute Gasteiger partial charge is 0.223 e. The van der Waals surface area contributed by atoms with Gasteiger partial charge in [-0.2, -0.15) is 10.2 Å². The first kappa shape index (κ1) is 12.2. The normalized spacial score (nSPS) is 10.3. The maximum absolute atomic E-state index is 13.1. The number of hydrogen-bond donors (Lipinski definition) is 1. The molecule has 0 spiro atoms. The second-order valence-corrected chi connectivity index (χ2v) is 3.75. The van der Waals surface area contributed by atoms with E-state index in [2.05, 4.69) is 15.5 Å². The molecule has 6 heteroatoms. The van der Waals surface area contributed by atoms with Gasteiger partial charge < -0.3 is 9.84 Å². The van der Waals surface area contributed by atoms with Gasteiger partial charge in [0.05, 0.1) is 18.2 Å². The average molecular weight is 246 g/mol. The molecule has 1 aromatic carbocycles. The van der Waals surface area contributed by atoms with E-state index in [9.17, 15) is 4.39 Å². The quantitative estimate of drug-likeness (QED) is 0.888. The molecule has 0 amide bonds. The summed E-state index contributed by atoms with van der Waals surface area (Å²) in [5.41, 5.74) is 1.06. The van der Waals surface area contributed by atoms with E-state index in [4.69, 9.17) is 9.78 Å². The van der Waals surface area contributed by atoms with Crippen LogP contribution in [0.25, 0.3) is 0 Å². The number of aromatic nitrogens is 2. The zero-order valence-electron chi connectivity index (χ0n) is 9.77. The van der Waals surface area contributed by atoms with Gasteiger partial charge in [0.15, 0.2) is 5.82 Å². The minimum atomic E-state index is -0.360. The minimum Gasteiger partial charge on any atom is -0.340 e. The van der Waals surface area contributed by atoms with E-state index in [-0.39, 0.29) is 5.82 Å². The molecule has 0 aliphatic carbocycles. The van der Waals surface area contributed by atoms with E-state index in [1.165, 1.54) is 18.2 Å². The molecule has 2 aromatic rings. The van der Waals surface area contributed by atoms with Gasteiger partial charge in [-0.15, -0.1) is 0 Å². The molecule has 18 heavy (non-hydrogen) atoms. The summed E-state index contributed by atoms with van der Waals surface area (Å²) in [6.45, 7) is 2.48. The zero-order chi connectivity index (χ0) is 13.0. The van der Waals surface area contributed by atoms with Crippen molar-refractivity contribution in [3.8, 4) is 6.07 Å². The van der Waals surface area contributed by atoms with Crippen LogP contribution in [0.5, 0.6) is 0 Å². The number of rotatable bonds is 4. The van der Waals surface area contributed by atoms with Crippen molar-refractivity contribution >= 4 is 0 Å². The standard InChI is InChI=1S/C12H11FN4O/c1-8-16-12(17-18-8)7-15-6-10-4-11(13)3-2-9(10)5-14/h2-4,15H,6-7H2,1H3. The molecular formula is C12H11FN4O. The number of nitrogens with zero attached hydrogens (tertiary/aromatic N) is 3. The van der Waals surface area contributed by atoms with Gasteiger partial charge in [-0.25, -0.2) is 4.39 Å². The Hall–Kier alpha value is -2.26. The van der Waals surface area contributed by atoms with Crippen LogP contribution in [0, 0.1) is 24.1 Å². The fourth-order valence-corrected chi connectivity index (χ4v) is 1.54. The van der Waals surface area contributed by atoms with Crippen molar-refractivity contribution in [2.24, 2.45) is 0 Å². The highest BCUT2D eigenvalue weighted by molar-refractivity contribution is 5.37. The summed E-state index contributed by atoms with van der Waals surface area (Å²) < 4.78 is 17.9. The molecule has 0 saturated carbocycles. The van der Waals surface area contributed by atoms with Crippen LogP contribution in [0.3, 0.4) is 0 Å². The second-order valence-electron chi connectivity index (χ2n) is 3.75. The first-order chi connectivity index (χ1) is 8.69. The monoisotopic (exact) mass is 246 g/mol. The van der Waals surface area contributed by atoms with E-state index in [1.807, 2.05) is 6.07 Å². The van der Waals surface area contributed by atoms with Crippen molar-refractivity contribution in [2.75, 3.05) is 0 Å². The highest BCUT2D eigenvalue weighted by Crippen LogP contribution is 2.10. The van der Waals surface area contributed by atoms with Crippen LogP contribution >= 0.6 is 0 Å². The highest BCUT2D eigenvalue weighted by Gasteiger charge is 2.05. The van der Waals surface area contributed by atoms with Crippen LogP contribution in [-0.4, -0.2) is 10.1 Å². The maximum Gasteiger partial charge on any atom is 0.223 e. The summed E-state index contributed by atoms with van der Waals surface area (Å²) in [5.74, 6) is 0.666. The van der Waals surface area contributed by atoms with E-state index < -0.39 is 0 Å². The predicted octanol–water partition coefficient (Wildman–Crippen LogP) is 1.68. The van der Waals surface area contributed by atoms with Gasteiger partial charge in [0, 0.05) is 13.5 Å². The van der Waals surface area contributed by atoms with Gasteiger partial charge >= 0.3 is 0 Å². The Morgan fingerprint density at radius 2 is 2.28 bits per heavy atom. The van der Waals surface area contributed by atoms with Crippen molar-refractivity contribution < 1.29 is 8.91 Å². The molecule has 5 nitrogen and oxygen atoms in total. The van der Waals surface area contributed by atoms with Crippen molar-refractivity contribution in [3.05, 3.63) is 46.9 Å². The second kappa shape index (κ2) is 5.38. The Balaban J connectivity index is 1.98. The van der Waals surface area contributed by atoms with E-state index in [0.717, 1.165) is 0 Å². The summed E-state index contributed by atoms with van der Waals surface area (Å²) in [7, 11) is 0. The van der Waals surface area contributed by atoms with Crippen molar-refractivity contribution in [1.29, 1.82) is 5.26 Å². The van der Waals surface area contributed by atoms with E-state index in [1.54, 1.807) is 6.92 Å². The Morgan fingerprint density at radius 3 is 2.94 bits per heavy atom. The Bertz CT molecular complexity index is 588. The third-order valence-corrected chi connectivity index (χ3v) is 2.36. The van der Waals surface area contributed by atoms with Gasteiger partial charge in [0.25, 0.3) is 0 Å². The number of nitriles is 1. The number of aryl methyl sites for hydroxylation is 1. The lowest BCUT2D eigenvalue weighted by Gasteiger charge is -2.04. The van der Waals surface area contributed by atoms with Crippen LogP contribution in [-0.2, 0) is 13.1 Å². The Kier molecular flexibility index (Phi) is 3.65. The van der Waals surface area contributed by atoms with Crippen molar-refractivity contribution in [3.63, 3.8) is 0 Å². The molecule has 0 unspecified atom stereocenters. The summed E-state index contributed by atoms with van der Waals surface area (Å²) in [6, 6.07) is 6.09. The average Bonchev–Trinajstić information content (AvgIpc) is 2.75. The van der Waals surface area contributed by atoms with Crippen LogP contribution in [0.4, 0.5) is 4.39 Å². The molecule has 0 aliphatic heterocycles. The molecule has 2 rings (SSSR count). The van der Waals surface area contributed by atoms with Crippen molar-refractivity contribution in [2.45, 2.75) is 20.0 Å².